The molecule has 1 fully saturated rings. The maximum Gasteiger partial charge on any atom is 0.222 e. The number of para-hydroxylation sites is 3. The van der Waals surface area contributed by atoms with Crippen LogP contribution in [-0.4, -0.2) is 37.5 Å². The summed E-state index contributed by atoms with van der Waals surface area (Å²) >= 11 is 0. The molecule has 23 heavy (non-hydrogen) atoms. The normalized spacial score (nSPS) is 14.1. The van der Waals surface area contributed by atoms with Gasteiger partial charge in [-0.15, -0.1) is 0 Å². The molecule has 0 atom stereocenters. The van der Waals surface area contributed by atoms with Crippen molar-refractivity contribution in [2.45, 2.75) is 12.8 Å². The molecule has 0 spiro atoms. The minimum absolute atomic E-state index is 0.271. The third-order valence-corrected chi connectivity index (χ3v) is 4.12. The molecule has 3 rings (SSSR count). The van der Waals surface area contributed by atoms with Gasteiger partial charge >= 0.3 is 0 Å². The van der Waals surface area contributed by atoms with Crippen molar-refractivity contribution in [2.24, 2.45) is 0 Å². The molecule has 4 heteroatoms. The summed E-state index contributed by atoms with van der Waals surface area (Å²) in [6, 6.07) is 17.8. The Morgan fingerprint density at radius 1 is 1.09 bits per heavy atom. The monoisotopic (exact) mass is 310 g/mol. The molecule has 0 unspecified atom stereocenters. The Hall–Kier alpha value is -2.49. The van der Waals surface area contributed by atoms with E-state index in [-0.39, 0.29) is 5.91 Å². The van der Waals surface area contributed by atoms with E-state index in [1.54, 1.807) is 0 Å². The molecule has 1 amide bonds. The number of hydrogen-bond acceptors (Lipinski definition) is 3. The smallest absolute Gasteiger partial charge is 0.222 e. The Labute approximate surface area is 137 Å². The highest BCUT2D eigenvalue weighted by atomic mass is 16.5. The van der Waals surface area contributed by atoms with Gasteiger partial charge in [-0.3, -0.25) is 4.79 Å². The lowest BCUT2D eigenvalue weighted by molar-refractivity contribution is -0.127. The van der Waals surface area contributed by atoms with Crippen LogP contribution in [0.1, 0.15) is 12.8 Å². The second kappa shape index (κ2) is 7.18. The molecule has 0 aliphatic carbocycles. The summed E-state index contributed by atoms with van der Waals surface area (Å²) in [6.07, 6.45) is 1.67. The largest absolute Gasteiger partial charge is 0.455 e. The first-order chi connectivity index (χ1) is 11.2. The topological polar surface area (TPSA) is 32.8 Å². The number of benzene rings is 2. The van der Waals surface area contributed by atoms with Crippen LogP contribution < -0.4 is 9.64 Å². The number of rotatable bonds is 6. The minimum Gasteiger partial charge on any atom is -0.455 e. The maximum atomic E-state index is 11.7. The van der Waals surface area contributed by atoms with Crippen LogP contribution in [0.25, 0.3) is 0 Å². The number of ether oxygens (including phenoxy) is 1. The lowest BCUT2D eigenvalue weighted by Crippen LogP contribution is -2.34. The van der Waals surface area contributed by atoms with Crippen molar-refractivity contribution in [1.29, 1.82) is 0 Å². The van der Waals surface area contributed by atoms with Gasteiger partial charge in [0.2, 0.25) is 5.91 Å². The van der Waals surface area contributed by atoms with Crippen LogP contribution in [0.3, 0.4) is 0 Å². The van der Waals surface area contributed by atoms with E-state index in [0.29, 0.717) is 6.42 Å². The predicted molar refractivity (Wildman–Crippen MR) is 92.0 cm³/mol. The van der Waals surface area contributed by atoms with Gasteiger partial charge < -0.3 is 14.5 Å². The van der Waals surface area contributed by atoms with Crippen molar-refractivity contribution in [3.8, 4) is 11.5 Å². The molecule has 0 saturated carbocycles. The van der Waals surface area contributed by atoms with Crippen LogP contribution in [-0.2, 0) is 4.79 Å². The Morgan fingerprint density at radius 2 is 1.83 bits per heavy atom. The number of anilines is 1. The van der Waals surface area contributed by atoms with E-state index in [0.717, 1.165) is 43.2 Å². The van der Waals surface area contributed by atoms with Gasteiger partial charge in [-0.05, 0) is 30.7 Å². The zero-order valence-electron chi connectivity index (χ0n) is 13.4. The molecule has 0 radical (unpaired) electrons. The number of likely N-dealkylation sites (tertiary alicyclic amines) is 1. The third-order valence-electron chi connectivity index (χ3n) is 4.12. The van der Waals surface area contributed by atoms with Crippen LogP contribution in [0.4, 0.5) is 5.69 Å². The highest BCUT2D eigenvalue weighted by molar-refractivity contribution is 5.78. The third kappa shape index (κ3) is 3.83. The summed E-state index contributed by atoms with van der Waals surface area (Å²) in [6.45, 7) is 2.44. The van der Waals surface area contributed by atoms with Gasteiger partial charge in [-0.2, -0.15) is 0 Å². The van der Waals surface area contributed by atoms with E-state index < -0.39 is 0 Å². The molecule has 4 nitrogen and oxygen atoms in total. The molecular formula is C19H22N2O2. The van der Waals surface area contributed by atoms with Crippen LogP contribution in [0.5, 0.6) is 11.5 Å². The summed E-state index contributed by atoms with van der Waals surface area (Å²) in [5.74, 6) is 1.92. The van der Waals surface area contributed by atoms with Crippen molar-refractivity contribution in [3.63, 3.8) is 0 Å². The van der Waals surface area contributed by atoms with E-state index in [1.165, 1.54) is 0 Å². The first kappa shape index (κ1) is 15.4. The second-order valence-electron chi connectivity index (χ2n) is 5.79. The van der Waals surface area contributed by atoms with Gasteiger partial charge in [0.25, 0.3) is 0 Å². The summed E-state index contributed by atoms with van der Waals surface area (Å²) in [5, 5.41) is 0. The molecule has 1 saturated heterocycles. The zero-order chi connectivity index (χ0) is 16.1. The van der Waals surface area contributed by atoms with E-state index >= 15 is 0 Å². The average molecular weight is 310 g/mol. The number of carbonyl (C=O) groups is 1. The van der Waals surface area contributed by atoms with Gasteiger partial charge in [0.1, 0.15) is 5.75 Å². The Morgan fingerprint density at radius 3 is 2.57 bits per heavy atom. The first-order valence-corrected chi connectivity index (χ1v) is 8.05. The molecule has 120 valence electrons. The number of hydrogen-bond donors (Lipinski definition) is 0. The van der Waals surface area contributed by atoms with Gasteiger partial charge in [0.15, 0.2) is 5.75 Å². The molecule has 0 aromatic heterocycles. The van der Waals surface area contributed by atoms with Crippen LogP contribution in [0, 0.1) is 0 Å². The number of amides is 1. The molecule has 0 bridgehead atoms. The fraction of sp³-hybridized carbons (Fsp3) is 0.316. The van der Waals surface area contributed by atoms with Crippen molar-refractivity contribution in [2.75, 3.05) is 31.6 Å². The second-order valence-corrected chi connectivity index (χ2v) is 5.79. The van der Waals surface area contributed by atoms with E-state index in [9.17, 15) is 4.79 Å². The Balaban J connectivity index is 1.68. The average Bonchev–Trinajstić information content (AvgIpc) is 2.99. The predicted octanol–water partition coefficient (Wildman–Crippen LogP) is 3.54. The minimum atomic E-state index is 0.271. The van der Waals surface area contributed by atoms with Gasteiger partial charge in [0.05, 0.1) is 5.69 Å². The van der Waals surface area contributed by atoms with Crippen molar-refractivity contribution in [3.05, 3.63) is 54.6 Å². The van der Waals surface area contributed by atoms with E-state index in [4.69, 9.17) is 4.74 Å². The van der Waals surface area contributed by atoms with Crippen molar-refractivity contribution >= 4 is 11.6 Å². The molecule has 1 heterocycles. The van der Waals surface area contributed by atoms with Gasteiger partial charge in [-0.1, -0.05) is 30.3 Å². The molecule has 1 aliphatic rings. The van der Waals surface area contributed by atoms with Crippen LogP contribution in [0.2, 0.25) is 0 Å². The zero-order valence-corrected chi connectivity index (χ0v) is 13.4. The number of nitrogens with zero attached hydrogens (tertiary/aromatic N) is 2. The van der Waals surface area contributed by atoms with Gasteiger partial charge in [0, 0.05) is 33.1 Å². The van der Waals surface area contributed by atoms with Crippen molar-refractivity contribution in [1.82, 2.24) is 4.90 Å². The van der Waals surface area contributed by atoms with E-state index in [2.05, 4.69) is 4.90 Å². The molecule has 0 N–H and O–H groups in total. The van der Waals surface area contributed by atoms with E-state index in [1.807, 2.05) is 66.5 Å². The fourth-order valence-electron chi connectivity index (χ4n) is 2.81. The Kier molecular flexibility index (Phi) is 4.81. The number of carbonyl (C=O) groups excluding carboxylic acids is 1. The fourth-order valence-corrected chi connectivity index (χ4v) is 2.81. The lowest BCUT2D eigenvalue weighted by Gasteiger charge is -2.25. The van der Waals surface area contributed by atoms with Crippen molar-refractivity contribution < 1.29 is 9.53 Å². The SMILES string of the molecule is CN(CCN1CCCC1=O)c1ccccc1Oc1ccccc1. The quantitative estimate of drug-likeness (QED) is 0.818. The first-order valence-electron chi connectivity index (χ1n) is 8.05. The Bertz CT molecular complexity index is 657. The maximum absolute atomic E-state index is 11.7. The summed E-state index contributed by atoms with van der Waals surface area (Å²) < 4.78 is 6.00. The van der Waals surface area contributed by atoms with Crippen LogP contribution >= 0.6 is 0 Å². The lowest BCUT2D eigenvalue weighted by atomic mass is 10.2. The molecular weight excluding hydrogens is 288 g/mol. The van der Waals surface area contributed by atoms with Gasteiger partial charge in [-0.25, -0.2) is 0 Å². The number of likely N-dealkylation sites (N-methyl/N-ethyl adjacent to an activating group) is 1. The highest BCUT2D eigenvalue weighted by Crippen LogP contribution is 2.31. The summed E-state index contributed by atoms with van der Waals surface area (Å²) in [4.78, 5) is 15.8. The molecule has 2 aromatic carbocycles. The highest BCUT2D eigenvalue weighted by Gasteiger charge is 2.20. The van der Waals surface area contributed by atoms with Crippen LogP contribution in [0.15, 0.2) is 54.6 Å². The molecule has 1 aliphatic heterocycles. The standard InChI is InChI=1S/C19H22N2O2/c1-20(14-15-21-13-7-12-19(21)22)17-10-5-6-11-18(17)23-16-8-3-2-4-9-16/h2-6,8-11H,7,12-15H2,1H3. The summed E-state index contributed by atoms with van der Waals surface area (Å²) in [5.41, 5.74) is 1.03. The molecule has 2 aromatic rings. The summed E-state index contributed by atoms with van der Waals surface area (Å²) in [7, 11) is 2.04.